The first-order valence-electron chi connectivity index (χ1n) is 6.72. The first kappa shape index (κ1) is 20.3. The Labute approximate surface area is 122 Å². The summed E-state index contributed by atoms with van der Waals surface area (Å²) in [4.78, 5) is 21.4. The smallest absolute Gasteiger partial charge is 0.302 e. The van der Waals surface area contributed by atoms with Crippen LogP contribution in [0.15, 0.2) is 18.2 Å². The van der Waals surface area contributed by atoms with Gasteiger partial charge in [0.25, 0.3) is 0 Å². The molecule has 1 aromatic rings. The van der Waals surface area contributed by atoms with Crippen LogP contribution in [0.5, 0.6) is 5.75 Å². The average molecular weight is 285 g/mol. The minimum Gasteiger partial charge on any atom is -0.506 e. The summed E-state index contributed by atoms with van der Waals surface area (Å²) in [5, 5.41) is 11.9. The number of hydrogen-bond donors (Lipinski definition) is 2. The average Bonchev–Trinajstić information content (AvgIpc) is 2.43. The van der Waals surface area contributed by atoms with Crippen LogP contribution in [0.1, 0.15) is 48.5 Å². The number of rotatable bonds is 3. The van der Waals surface area contributed by atoms with E-state index in [9.17, 15) is 14.7 Å². The number of ether oxygens (including phenoxy) is 1. The Morgan fingerprint density at radius 1 is 1.20 bits per heavy atom. The summed E-state index contributed by atoms with van der Waals surface area (Å²) in [5.74, 6) is -0.684. The van der Waals surface area contributed by atoms with E-state index in [-0.39, 0.29) is 25.7 Å². The number of phenols is 1. The van der Waals surface area contributed by atoms with E-state index in [1.807, 2.05) is 27.7 Å². The van der Waals surface area contributed by atoms with Crippen LogP contribution in [0.2, 0.25) is 0 Å². The lowest BCUT2D eigenvalue weighted by atomic mass is 10.2. The molecule has 1 amide bonds. The van der Waals surface area contributed by atoms with Gasteiger partial charge in [-0.25, -0.2) is 0 Å². The maximum atomic E-state index is 10.8. The molecule has 0 aliphatic carbocycles. The van der Waals surface area contributed by atoms with Crippen LogP contribution in [0.3, 0.4) is 0 Å². The van der Waals surface area contributed by atoms with E-state index < -0.39 is 0 Å². The molecular weight excluding hydrogens is 258 g/mol. The van der Waals surface area contributed by atoms with Gasteiger partial charge >= 0.3 is 5.97 Å². The van der Waals surface area contributed by atoms with Crippen molar-refractivity contribution in [1.82, 2.24) is 0 Å². The molecule has 0 saturated heterocycles. The maximum Gasteiger partial charge on any atom is 0.302 e. The molecule has 1 aromatic carbocycles. The number of phenolic OH excluding ortho intramolecular Hbond substituents is 1. The van der Waals surface area contributed by atoms with Gasteiger partial charge in [0.05, 0.1) is 5.69 Å². The number of esters is 1. The molecule has 0 saturated carbocycles. The lowest BCUT2D eigenvalue weighted by Gasteiger charge is -2.08. The Kier molecular flexibility index (Phi) is 12.2. The molecule has 0 aliphatic rings. The number of hydrogen-bond acceptors (Lipinski definition) is 4. The predicted octanol–water partition coefficient (Wildman–Crippen LogP) is 3.71. The maximum absolute atomic E-state index is 10.8. The fourth-order valence-corrected chi connectivity index (χ4v) is 1.15. The van der Waals surface area contributed by atoms with Gasteiger partial charge in [-0.2, -0.15) is 0 Å². The van der Waals surface area contributed by atoms with Crippen molar-refractivity contribution in [3.8, 4) is 5.75 Å². The van der Waals surface area contributed by atoms with Crippen molar-refractivity contribution in [3.63, 3.8) is 0 Å². The summed E-state index contributed by atoms with van der Waals surface area (Å²) in [6, 6.07) is 4.60. The zero-order chi connectivity index (χ0) is 16.1. The van der Waals surface area contributed by atoms with E-state index >= 15 is 0 Å². The zero-order valence-corrected chi connectivity index (χ0v) is 13.1. The van der Waals surface area contributed by atoms with Gasteiger partial charge in [-0.15, -0.1) is 0 Å². The van der Waals surface area contributed by atoms with Gasteiger partial charge in [-0.1, -0.05) is 33.8 Å². The molecule has 0 heterocycles. The largest absolute Gasteiger partial charge is 0.506 e. The van der Waals surface area contributed by atoms with Gasteiger partial charge in [0.2, 0.25) is 5.91 Å². The third kappa shape index (κ3) is 8.97. The number of carbonyl (C=O) groups excluding carboxylic acids is 2. The quantitative estimate of drug-likeness (QED) is 0.655. The van der Waals surface area contributed by atoms with Crippen LogP contribution in [-0.2, 0) is 20.9 Å². The molecule has 0 fully saturated rings. The van der Waals surface area contributed by atoms with Crippen LogP contribution in [0, 0.1) is 0 Å². The van der Waals surface area contributed by atoms with Gasteiger partial charge in [-0.05, 0) is 17.7 Å². The molecular formula is C15H27NO4. The van der Waals surface area contributed by atoms with Crippen LogP contribution in [0.4, 0.5) is 5.69 Å². The Hall–Kier alpha value is -2.04. The fourth-order valence-electron chi connectivity index (χ4n) is 1.15. The molecule has 20 heavy (non-hydrogen) atoms. The van der Waals surface area contributed by atoms with Crippen molar-refractivity contribution in [2.75, 3.05) is 5.32 Å². The highest BCUT2D eigenvalue weighted by atomic mass is 16.5. The molecule has 0 radical (unpaired) electrons. The van der Waals surface area contributed by atoms with Crippen molar-refractivity contribution in [1.29, 1.82) is 0 Å². The minimum absolute atomic E-state index is 0. The van der Waals surface area contributed by atoms with Gasteiger partial charge in [0.1, 0.15) is 12.4 Å². The summed E-state index contributed by atoms with van der Waals surface area (Å²) in [6.45, 7) is 10.8. The molecule has 0 aromatic heterocycles. The molecule has 116 valence electrons. The Morgan fingerprint density at radius 2 is 1.75 bits per heavy atom. The van der Waals surface area contributed by atoms with E-state index in [1.165, 1.54) is 19.9 Å². The number of nitrogens with one attached hydrogen (secondary N) is 1. The van der Waals surface area contributed by atoms with Gasteiger partial charge in [0, 0.05) is 15.3 Å². The van der Waals surface area contributed by atoms with Crippen LogP contribution in [-0.4, -0.2) is 17.0 Å². The van der Waals surface area contributed by atoms with Crippen molar-refractivity contribution in [2.24, 2.45) is 0 Å². The van der Waals surface area contributed by atoms with Crippen molar-refractivity contribution in [2.45, 2.75) is 48.1 Å². The second-order valence-electron chi connectivity index (χ2n) is 3.31. The van der Waals surface area contributed by atoms with Gasteiger partial charge in [-0.3, -0.25) is 9.59 Å². The normalized spacial score (nSPS) is 8.30. The Morgan fingerprint density at radius 3 is 2.20 bits per heavy atom. The fraction of sp³-hybridized carbons (Fsp3) is 0.467. The minimum atomic E-state index is -0.380. The monoisotopic (exact) mass is 285 g/mol. The van der Waals surface area contributed by atoms with Crippen molar-refractivity contribution >= 4 is 17.6 Å². The topological polar surface area (TPSA) is 75.6 Å². The Balaban J connectivity index is -0.000000595. The molecule has 0 atom stereocenters. The van der Waals surface area contributed by atoms with E-state index in [0.717, 1.165) is 0 Å². The summed E-state index contributed by atoms with van der Waals surface area (Å²) >= 11 is 0. The van der Waals surface area contributed by atoms with E-state index in [1.54, 1.807) is 12.1 Å². The molecule has 1 rings (SSSR count). The van der Waals surface area contributed by atoms with Gasteiger partial charge in [0.15, 0.2) is 0 Å². The third-order valence-corrected chi connectivity index (χ3v) is 1.81. The van der Waals surface area contributed by atoms with Crippen molar-refractivity contribution in [3.05, 3.63) is 23.8 Å². The number of amides is 1. The van der Waals surface area contributed by atoms with Crippen LogP contribution >= 0.6 is 0 Å². The lowest BCUT2D eigenvalue weighted by molar-refractivity contribution is -0.142. The first-order chi connectivity index (χ1) is 9.49. The number of aromatic hydroxyl groups is 1. The van der Waals surface area contributed by atoms with Crippen molar-refractivity contribution < 1.29 is 20.9 Å². The highest BCUT2D eigenvalue weighted by Crippen LogP contribution is 2.24. The summed E-state index contributed by atoms with van der Waals surface area (Å²) in [6.07, 6.45) is 0. The zero-order valence-electron chi connectivity index (χ0n) is 13.1. The molecule has 2 N–H and O–H groups in total. The predicted molar refractivity (Wildman–Crippen MR) is 82.7 cm³/mol. The van der Waals surface area contributed by atoms with E-state index in [4.69, 9.17) is 4.74 Å². The standard InChI is InChI=1S/C11H13NO4.2C2H6.H2/c1-7(13)12-10-5-9(3-4-11(10)15)6-16-8(2)14;2*1-2;/h3-5,15H,6H2,1-2H3,(H,12,13);2*1-2H3;1H. The number of benzene rings is 1. The second kappa shape index (κ2) is 12.0. The molecule has 5 heteroatoms. The lowest BCUT2D eigenvalue weighted by Crippen LogP contribution is -2.06. The van der Waals surface area contributed by atoms with E-state index in [0.29, 0.717) is 11.3 Å². The SMILES string of the molecule is CC.CC.CC(=O)Nc1cc(COC(C)=O)ccc1O.[HH]. The number of carbonyl (C=O) groups is 2. The second-order valence-corrected chi connectivity index (χ2v) is 3.31. The number of anilines is 1. The summed E-state index contributed by atoms with van der Waals surface area (Å²) < 4.78 is 4.79. The van der Waals surface area contributed by atoms with Gasteiger partial charge < -0.3 is 15.2 Å². The molecule has 0 spiro atoms. The Bertz CT molecular complexity index is 422. The summed E-state index contributed by atoms with van der Waals surface area (Å²) in [7, 11) is 0. The summed E-state index contributed by atoms with van der Waals surface area (Å²) in [5.41, 5.74) is 0.994. The van der Waals surface area contributed by atoms with Crippen LogP contribution in [0.25, 0.3) is 0 Å². The molecule has 0 unspecified atom stereocenters. The molecule has 0 aliphatic heterocycles. The third-order valence-electron chi connectivity index (χ3n) is 1.81. The highest BCUT2D eigenvalue weighted by Gasteiger charge is 2.05. The highest BCUT2D eigenvalue weighted by molar-refractivity contribution is 5.90. The first-order valence-corrected chi connectivity index (χ1v) is 6.72. The molecule has 5 nitrogen and oxygen atoms in total. The molecule has 0 bridgehead atoms. The van der Waals surface area contributed by atoms with E-state index in [2.05, 4.69) is 5.32 Å². The van der Waals surface area contributed by atoms with Crippen LogP contribution < -0.4 is 5.32 Å².